The van der Waals surface area contributed by atoms with Gasteiger partial charge in [-0.1, -0.05) is 30.4 Å². The van der Waals surface area contributed by atoms with E-state index in [0.717, 1.165) is 143 Å². The van der Waals surface area contributed by atoms with Crippen molar-refractivity contribution in [1.29, 1.82) is 0 Å². The molecule has 2 aromatic carbocycles. The average Bonchev–Trinajstić information content (AvgIpc) is 1.73. The zero-order chi connectivity index (χ0) is 62.8. The molecule has 2 saturated heterocycles. The lowest BCUT2D eigenvalue weighted by Gasteiger charge is -2.32. The van der Waals surface area contributed by atoms with Crippen molar-refractivity contribution in [1.82, 2.24) is 68.0 Å². The van der Waals surface area contributed by atoms with E-state index >= 15 is 0 Å². The quantitative estimate of drug-likeness (QED) is 0.113. The van der Waals surface area contributed by atoms with Gasteiger partial charge in [0.1, 0.15) is 20.9 Å². The third-order valence-corrected chi connectivity index (χ3v) is 21.4. The average molecular weight is 1410 g/mol. The molecule has 6 aromatic heterocycles. The molecule has 8 aromatic rings. The number of imidazole rings is 2. The van der Waals surface area contributed by atoms with Crippen molar-refractivity contribution in [2.75, 3.05) is 36.1 Å². The molecule has 6 aliphatic heterocycles. The van der Waals surface area contributed by atoms with Crippen LogP contribution in [0.1, 0.15) is 99.3 Å². The Labute approximate surface area is 546 Å². The molecular weight excluding hydrogens is 1330 g/mol. The Bertz CT molecular complexity index is 3990. The van der Waals surface area contributed by atoms with Gasteiger partial charge < -0.3 is 37.6 Å². The molecule has 0 aliphatic carbocycles. The number of carbonyl (C=O) groups is 2. The predicted molar refractivity (Wildman–Crippen MR) is 364 cm³/mol. The molecule has 88 heavy (non-hydrogen) atoms. The first-order valence-electron chi connectivity index (χ1n) is 29.9. The van der Waals surface area contributed by atoms with Crippen LogP contribution < -0.4 is 5.46 Å². The minimum Gasteiger partial charge on any atom is -0.400 e. The largest absolute Gasteiger partial charge is 0.494 e. The molecule has 0 radical (unpaired) electrons. The summed E-state index contributed by atoms with van der Waals surface area (Å²) in [6, 6.07) is 12.7. The third-order valence-electron chi connectivity index (χ3n) is 18.1. The maximum Gasteiger partial charge on any atom is 0.494 e. The first kappa shape index (κ1) is 64.1. The highest BCUT2D eigenvalue weighted by Gasteiger charge is 2.53. The Hall–Kier alpha value is -5.48. The number of thioether (sulfide) groups is 2. The normalized spacial score (nSPS) is 19.0. The standard InChI is InChI=1S/C25H27N7OS.C18H23BN4O2.C11H19BO2S.C8H9BrIN3O/c1-16(33)31-8-9-32-22(15-31)24(27-25(32)17-6-10-34-11-7-17)18-4-5-21-20(12-18)23(28-30(21)3)19-13-26-29(2)14-19;1-17(2)18(3,4)25-19(24-17)13-7-8-15-14(9-13)16(21-23(15)6)12-10-20-22(5)11-12;1-10(2)11(3,4)14-12(13-10)9-5-7-15-8-6-9;1-5(14)12-2-3-13-6(4-12)7(10)11-8(13)9/h4-6,12-14H,7-11,15H2,1-3H3;7-11H,1-6H3;5H,6-8H2,1-4H3;2-4H2,1H3. The molecule has 0 unspecified atom stereocenters. The molecule has 6 aliphatic rings. The van der Waals surface area contributed by atoms with Crippen LogP contribution in [0.25, 0.3) is 61.2 Å². The van der Waals surface area contributed by atoms with Crippen LogP contribution in [-0.2, 0) is 82.6 Å². The fraction of sp³-hybridized carbons (Fsp3) is 0.484. The van der Waals surface area contributed by atoms with E-state index in [1.807, 2.05) is 95.7 Å². The lowest BCUT2D eigenvalue weighted by molar-refractivity contribution is -0.131. The van der Waals surface area contributed by atoms with Crippen LogP contribution in [0.15, 0.2) is 83.5 Å². The molecule has 26 heteroatoms. The topological polar surface area (TPSA) is 184 Å². The van der Waals surface area contributed by atoms with Crippen molar-refractivity contribution in [3.8, 4) is 33.8 Å². The van der Waals surface area contributed by atoms with E-state index in [0.29, 0.717) is 13.1 Å². The number of fused-ring (bicyclic) bond motifs is 4. The van der Waals surface area contributed by atoms with Crippen molar-refractivity contribution >= 4 is 121 Å². The lowest BCUT2D eigenvalue weighted by Crippen LogP contribution is -2.41. The monoisotopic (exact) mass is 1410 g/mol. The second kappa shape index (κ2) is 25.3. The van der Waals surface area contributed by atoms with Crippen molar-refractivity contribution in [3.63, 3.8) is 0 Å². The van der Waals surface area contributed by atoms with E-state index in [9.17, 15) is 9.59 Å². The fourth-order valence-corrected chi connectivity index (χ4v) is 14.8. The zero-order valence-corrected chi connectivity index (χ0v) is 58.2. The lowest BCUT2D eigenvalue weighted by atomic mass is 9.76. The van der Waals surface area contributed by atoms with Gasteiger partial charge in [0.2, 0.25) is 11.8 Å². The molecule has 0 spiro atoms. The summed E-state index contributed by atoms with van der Waals surface area (Å²) < 4.78 is 38.1. The second-order valence-electron chi connectivity index (χ2n) is 25.1. The first-order chi connectivity index (χ1) is 41.7. The maximum atomic E-state index is 12.2. The third kappa shape index (κ3) is 12.9. The molecule has 0 atom stereocenters. The molecule has 0 saturated carbocycles. The van der Waals surface area contributed by atoms with Crippen molar-refractivity contribution in [3.05, 3.63) is 104 Å². The Balaban J connectivity index is 0.000000130. The number of amides is 2. The summed E-state index contributed by atoms with van der Waals surface area (Å²) in [5, 5.41) is 20.2. The molecule has 20 nitrogen and oxygen atoms in total. The van der Waals surface area contributed by atoms with Gasteiger partial charge in [0.15, 0.2) is 4.73 Å². The van der Waals surface area contributed by atoms with E-state index in [1.54, 1.807) is 23.2 Å². The Kier molecular flexibility index (Phi) is 18.4. The van der Waals surface area contributed by atoms with E-state index < -0.39 is 0 Å². The van der Waals surface area contributed by atoms with Crippen LogP contribution in [-0.4, -0.2) is 153 Å². The van der Waals surface area contributed by atoms with Gasteiger partial charge >= 0.3 is 14.2 Å². The molecule has 2 amide bonds. The van der Waals surface area contributed by atoms with E-state index in [1.165, 1.54) is 16.8 Å². The molecular formula is C62H78B2BrIN14O6S2. The van der Waals surface area contributed by atoms with Crippen LogP contribution in [0, 0.1) is 3.70 Å². The first-order valence-corrected chi connectivity index (χ1v) is 34.0. The summed E-state index contributed by atoms with van der Waals surface area (Å²) in [5.74, 6) is 5.74. The number of aromatic nitrogens is 12. The molecule has 2 fully saturated rings. The summed E-state index contributed by atoms with van der Waals surface area (Å²) in [5.41, 5.74) is 12.7. The maximum absolute atomic E-state index is 12.2. The Morgan fingerprint density at radius 3 is 1.62 bits per heavy atom. The molecule has 0 N–H and O–H groups in total. The highest BCUT2D eigenvalue weighted by Crippen LogP contribution is 2.42. The number of carbonyl (C=O) groups excluding carboxylic acids is 2. The number of halogens is 2. The highest BCUT2D eigenvalue weighted by atomic mass is 127. The van der Waals surface area contributed by atoms with Gasteiger partial charge in [-0.25, -0.2) is 9.97 Å². The predicted octanol–water partition coefficient (Wildman–Crippen LogP) is 10.3. The molecule has 14 rings (SSSR count). The number of allylic oxidation sites excluding steroid dienone is 2. The van der Waals surface area contributed by atoms with Gasteiger partial charge in [0.05, 0.1) is 76.0 Å². The zero-order valence-electron chi connectivity index (χ0n) is 52.9. The van der Waals surface area contributed by atoms with E-state index in [-0.39, 0.29) is 48.5 Å². The SMILES string of the molecule is CC(=O)N1CCn2c(Br)nc(I)c2C1.CC(=O)N1CCn2c(C3=CCSCC3)nc(-c3ccc4c(c3)c(-c3cnn(C)c3)nn4C)c2C1.CC1(C)OB(C2=CCSCC2)OC1(C)C.Cn1cc(-c2nn(C)c3ccc(B4OC(C)(C)C(C)(C)O4)cc23)cn1. The van der Waals surface area contributed by atoms with Crippen molar-refractivity contribution in [2.24, 2.45) is 28.2 Å². The Morgan fingerprint density at radius 2 is 1.11 bits per heavy atom. The number of hydrogen-bond donors (Lipinski definition) is 0. The number of nitrogens with zero attached hydrogens (tertiary/aromatic N) is 14. The number of hydrogen-bond acceptors (Lipinski definition) is 14. The summed E-state index contributed by atoms with van der Waals surface area (Å²) in [4.78, 5) is 36.7. The van der Waals surface area contributed by atoms with Crippen LogP contribution in [0.2, 0.25) is 0 Å². The number of rotatable bonds is 6. The minimum atomic E-state index is -0.378. The smallest absolute Gasteiger partial charge is 0.400 e. The summed E-state index contributed by atoms with van der Waals surface area (Å²) in [7, 11) is 7.25. The van der Waals surface area contributed by atoms with Gasteiger partial charge in [-0.2, -0.15) is 43.9 Å². The number of benzene rings is 2. The highest BCUT2D eigenvalue weighted by molar-refractivity contribution is 14.1. The van der Waals surface area contributed by atoms with Crippen molar-refractivity contribution in [2.45, 2.75) is 131 Å². The van der Waals surface area contributed by atoms with Crippen LogP contribution in [0.4, 0.5) is 0 Å². The summed E-state index contributed by atoms with van der Waals surface area (Å²) in [6.07, 6.45) is 14.4. The molecule has 0 bridgehead atoms. The van der Waals surface area contributed by atoms with Crippen molar-refractivity contribution < 1.29 is 28.2 Å². The minimum absolute atomic E-state index is 0.106. The van der Waals surface area contributed by atoms with Gasteiger partial charge in [-0.3, -0.25) is 28.3 Å². The van der Waals surface area contributed by atoms with Gasteiger partial charge in [0.25, 0.3) is 0 Å². The Morgan fingerprint density at radius 1 is 0.602 bits per heavy atom. The van der Waals surface area contributed by atoms with E-state index in [2.05, 4.69) is 172 Å². The van der Waals surface area contributed by atoms with Gasteiger partial charge in [-0.15, -0.1) is 0 Å². The number of aryl methyl sites for hydroxylation is 4. The van der Waals surface area contributed by atoms with Gasteiger partial charge in [-0.05, 0) is 153 Å². The summed E-state index contributed by atoms with van der Waals surface area (Å²) in [6.45, 7) is 24.3. The van der Waals surface area contributed by atoms with Gasteiger partial charge in [0, 0.05) is 120 Å². The molecule has 12 heterocycles. The molecule has 464 valence electrons. The van der Waals surface area contributed by atoms with Crippen LogP contribution in [0.3, 0.4) is 0 Å². The fourth-order valence-electron chi connectivity index (χ4n) is 11.5. The van der Waals surface area contributed by atoms with E-state index in [4.69, 9.17) is 28.7 Å². The van der Waals surface area contributed by atoms with Crippen LogP contribution >= 0.6 is 62.0 Å². The second-order valence-corrected chi connectivity index (χ2v) is 29.2. The summed E-state index contributed by atoms with van der Waals surface area (Å²) >= 11 is 9.53. The van der Waals surface area contributed by atoms with Crippen LogP contribution in [0.5, 0.6) is 0 Å².